The lowest BCUT2D eigenvalue weighted by Gasteiger charge is -2.38. The highest BCUT2D eigenvalue weighted by molar-refractivity contribution is 5.95. The number of aromatic nitrogens is 1. The second-order valence-corrected chi connectivity index (χ2v) is 5.30. The van der Waals surface area contributed by atoms with Crippen molar-refractivity contribution in [3.05, 3.63) is 23.4 Å². The van der Waals surface area contributed by atoms with Gasteiger partial charge in [0.1, 0.15) is 11.4 Å². The quantitative estimate of drug-likeness (QED) is 0.874. The molecule has 4 heteroatoms. The van der Waals surface area contributed by atoms with Crippen molar-refractivity contribution in [3.63, 3.8) is 0 Å². The van der Waals surface area contributed by atoms with E-state index >= 15 is 0 Å². The standard InChI is InChI=1S/C14H20N2O2/c1-9-5-7-16(11(3)8-9)13-12(14(17)18)10(2)4-6-15-13/h4,6,9,11H,5,7-8H2,1-3H3,(H,17,18). The topological polar surface area (TPSA) is 53.4 Å². The van der Waals surface area contributed by atoms with Gasteiger partial charge in [0.15, 0.2) is 0 Å². The second kappa shape index (κ2) is 4.96. The number of hydrogen-bond donors (Lipinski definition) is 1. The lowest BCUT2D eigenvalue weighted by molar-refractivity contribution is 0.0696. The predicted molar refractivity (Wildman–Crippen MR) is 71.1 cm³/mol. The summed E-state index contributed by atoms with van der Waals surface area (Å²) in [6.45, 7) is 7.10. The Morgan fingerprint density at radius 1 is 1.50 bits per heavy atom. The van der Waals surface area contributed by atoms with Crippen LogP contribution in [0.3, 0.4) is 0 Å². The second-order valence-electron chi connectivity index (χ2n) is 5.30. The molecule has 0 saturated carbocycles. The smallest absolute Gasteiger partial charge is 0.339 e. The van der Waals surface area contributed by atoms with Gasteiger partial charge in [0.25, 0.3) is 0 Å². The molecule has 1 saturated heterocycles. The molecule has 0 radical (unpaired) electrons. The Bertz CT molecular complexity index is 459. The van der Waals surface area contributed by atoms with Gasteiger partial charge in [-0.25, -0.2) is 9.78 Å². The first-order valence-electron chi connectivity index (χ1n) is 6.46. The summed E-state index contributed by atoms with van der Waals surface area (Å²) in [5.41, 5.74) is 1.12. The van der Waals surface area contributed by atoms with E-state index in [0.717, 1.165) is 24.9 Å². The monoisotopic (exact) mass is 248 g/mol. The Kier molecular flexibility index (Phi) is 3.55. The fourth-order valence-corrected chi connectivity index (χ4v) is 2.75. The summed E-state index contributed by atoms with van der Waals surface area (Å²) in [5, 5.41) is 9.35. The van der Waals surface area contributed by atoms with E-state index in [4.69, 9.17) is 0 Å². The fraction of sp³-hybridized carbons (Fsp3) is 0.571. The summed E-state index contributed by atoms with van der Waals surface area (Å²) >= 11 is 0. The molecule has 2 unspecified atom stereocenters. The van der Waals surface area contributed by atoms with Crippen LogP contribution in [-0.4, -0.2) is 28.6 Å². The first-order valence-corrected chi connectivity index (χ1v) is 6.46. The van der Waals surface area contributed by atoms with E-state index in [1.54, 1.807) is 12.3 Å². The number of pyridine rings is 1. The number of rotatable bonds is 2. The Labute approximate surface area is 108 Å². The number of nitrogens with zero attached hydrogens (tertiary/aromatic N) is 2. The van der Waals surface area contributed by atoms with Crippen molar-refractivity contribution in [1.82, 2.24) is 4.98 Å². The van der Waals surface area contributed by atoms with E-state index in [1.165, 1.54) is 0 Å². The first-order chi connectivity index (χ1) is 8.50. The van der Waals surface area contributed by atoms with Crippen LogP contribution < -0.4 is 4.90 Å². The number of aromatic carboxylic acids is 1. The van der Waals surface area contributed by atoms with Crippen molar-refractivity contribution in [2.24, 2.45) is 5.92 Å². The lowest BCUT2D eigenvalue weighted by Crippen LogP contribution is -2.41. The Hall–Kier alpha value is -1.58. The molecule has 4 nitrogen and oxygen atoms in total. The zero-order chi connectivity index (χ0) is 13.3. The highest BCUT2D eigenvalue weighted by Crippen LogP contribution is 2.29. The minimum atomic E-state index is -0.888. The normalized spacial score (nSPS) is 24.1. The van der Waals surface area contributed by atoms with Crippen LogP contribution in [0.2, 0.25) is 0 Å². The lowest BCUT2D eigenvalue weighted by atomic mass is 9.93. The van der Waals surface area contributed by atoms with Crippen LogP contribution in [0.5, 0.6) is 0 Å². The molecule has 1 aromatic rings. The molecule has 1 aliphatic rings. The number of anilines is 1. The van der Waals surface area contributed by atoms with E-state index in [0.29, 0.717) is 23.3 Å². The van der Waals surface area contributed by atoms with Crippen molar-refractivity contribution >= 4 is 11.8 Å². The summed E-state index contributed by atoms with van der Waals surface area (Å²) in [6, 6.07) is 2.10. The number of hydrogen-bond acceptors (Lipinski definition) is 3. The van der Waals surface area contributed by atoms with Crippen molar-refractivity contribution in [2.45, 2.75) is 39.7 Å². The molecule has 0 bridgehead atoms. The predicted octanol–water partition coefficient (Wildman–Crippen LogP) is 2.71. The molecule has 2 heterocycles. The molecule has 0 aliphatic carbocycles. The molecule has 98 valence electrons. The van der Waals surface area contributed by atoms with Crippen molar-refractivity contribution in [3.8, 4) is 0 Å². The molecule has 18 heavy (non-hydrogen) atoms. The summed E-state index contributed by atoms with van der Waals surface area (Å²) in [6.07, 6.45) is 3.88. The number of carboxylic acids is 1. The average Bonchev–Trinajstić information content (AvgIpc) is 2.28. The molecule has 0 amide bonds. The van der Waals surface area contributed by atoms with Crippen LogP contribution in [0.1, 0.15) is 42.6 Å². The molecule has 0 spiro atoms. The van der Waals surface area contributed by atoms with Gasteiger partial charge in [-0.15, -0.1) is 0 Å². The summed E-state index contributed by atoms with van der Waals surface area (Å²) < 4.78 is 0. The van der Waals surface area contributed by atoms with E-state index in [-0.39, 0.29) is 0 Å². The summed E-state index contributed by atoms with van der Waals surface area (Å²) in [4.78, 5) is 17.8. The Balaban J connectivity index is 2.39. The fourth-order valence-electron chi connectivity index (χ4n) is 2.75. The third kappa shape index (κ3) is 2.33. The maximum Gasteiger partial charge on any atom is 0.339 e. The van der Waals surface area contributed by atoms with Gasteiger partial charge in [-0.2, -0.15) is 0 Å². The summed E-state index contributed by atoms with van der Waals surface area (Å²) in [5.74, 6) is 0.442. The SMILES string of the molecule is Cc1ccnc(N2CCC(C)CC2C)c1C(=O)O. The van der Waals surface area contributed by atoms with Crippen LogP contribution in [0, 0.1) is 12.8 Å². The van der Waals surface area contributed by atoms with E-state index in [9.17, 15) is 9.90 Å². The van der Waals surface area contributed by atoms with Gasteiger partial charge < -0.3 is 10.0 Å². The molecular formula is C14H20N2O2. The number of carbonyl (C=O) groups is 1. The van der Waals surface area contributed by atoms with Crippen molar-refractivity contribution < 1.29 is 9.90 Å². The Morgan fingerprint density at radius 2 is 2.22 bits per heavy atom. The van der Waals surface area contributed by atoms with Gasteiger partial charge in [0.05, 0.1) is 0 Å². The molecule has 1 aromatic heterocycles. The van der Waals surface area contributed by atoms with Crippen molar-refractivity contribution in [2.75, 3.05) is 11.4 Å². The Morgan fingerprint density at radius 3 is 2.83 bits per heavy atom. The number of carboxylic acid groups (broad SMARTS) is 1. The minimum Gasteiger partial charge on any atom is -0.478 e. The molecule has 2 rings (SSSR count). The number of aryl methyl sites for hydroxylation is 1. The van der Waals surface area contributed by atoms with Crippen LogP contribution >= 0.6 is 0 Å². The van der Waals surface area contributed by atoms with Crippen LogP contribution in [0.15, 0.2) is 12.3 Å². The van der Waals surface area contributed by atoms with Crippen LogP contribution in [0.4, 0.5) is 5.82 Å². The van der Waals surface area contributed by atoms with Gasteiger partial charge in [-0.1, -0.05) is 6.92 Å². The van der Waals surface area contributed by atoms with Crippen LogP contribution in [0.25, 0.3) is 0 Å². The van der Waals surface area contributed by atoms with E-state index < -0.39 is 5.97 Å². The van der Waals surface area contributed by atoms with Gasteiger partial charge in [0.2, 0.25) is 0 Å². The van der Waals surface area contributed by atoms with Crippen LogP contribution in [-0.2, 0) is 0 Å². The third-order valence-corrected chi connectivity index (χ3v) is 3.76. The first kappa shape index (κ1) is 12.9. The summed E-state index contributed by atoms with van der Waals surface area (Å²) in [7, 11) is 0. The van der Waals surface area contributed by atoms with E-state index in [1.807, 2.05) is 6.92 Å². The maximum atomic E-state index is 11.4. The zero-order valence-corrected chi connectivity index (χ0v) is 11.2. The largest absolute Gasteiger partial charge is 0.478 e. The van der Waals surface area contributed by atoms with E-state index in [2.05, 4.69) is 23.7 Å². The average molecular weight is 248 g/mol. The third-order valence-electron chi connectivity index (χ3n) is 3.76. The van der Waals surface area contributed by atoms with Gasteiger partial charge in [-0.3, -0.25) is 0 Å². The highest BCUT2D eigenvalue weighted by atomic mass is 16.4. The molecule has 1 fully saturated rings. The van der Waals surface area contributed by atoms with Crippen molar-refractivity contribution in [1.29, 1.82) is 0 Å². The molecule has 1 N–H and O–H groups in total. The van der Waals surface area contributed by atoms with Gasteiger partial charge in [0, 0.05) is 18.8 Å². The molecule has 2 atom stereocenters. The van der Waals surface area contributed by atoms with Gasteiger partial charge >= 0.3 is 5.97 Å². The molecule has 0 aromatic carbocycles. The maximum absolute atomic E-state index is 11.4. The molecular weight excluding hydrogens is 228 g/mol. The zero-order valence-electron chi connectivity index (χ0n) is 11.2. The minimum absolute atomic E-state index is 0.346. The molecule has 1 aliphatic heterocycles. The highest BCUT2D eigenvalue weighted by Gasteiger charge is 2.27. The van der Waals surface area contributed by atoms with Gasteiger partial charge in [-0.05, 0) is 44.2 Å². The number of piperidine rings is 1.